The molecule has 1 aromatic rings. The summed E-state index contributed by atoms with van der Waals surface area (Å²) in [5.74, 6) is 1.68. The predicted octanol–water partition coefficient (Wildman–Crippen LogP) is 0.557. The van der Waals surface area contributed by atoms with Crippen LogP contribution in [-0.4, -0.2) is 38.4 Å². The van der Waals surface area contributed by atoms with Gasteiger partial charge in [-0.25, -0.2) is 0 Å². The summed E-state index contributed by atoms with van der Waals surface area (Å²) >= 11 is 0. The molecule has 0 saturated carbocycles. The third kappa shape index (κ3) is 1.30. The van der Waals surface area contributed by atoms with Gasteiger partial charge in [0.25, 0.3) is 0 Å². The zero-order chi connectivity index (χ0) is 11.2. The van der Waals surface area contributed by atoms with Crippen LogP contribution in [0, 0.1) is 0 Å². The van der Waals surface area contributed by atoms with Crippen LogP contribution in [0.15, 0.2) is 18.2 Å². The molecular weight excluding hydrogens is 204 g/mol. The Morgan fingerprint density at radius 2 is 2.06 bits per heavy atom. The number of fused-ring (bicyclic) bond motifs is 1. The molecule has 2 aliphatic heterocycles. The summed E-state index contributed by atoms with van der Waals surface area (Å²) in [5.41, 5.74) is 7.28. The number of likely N-dealkylation sites (tertiary alicyclic amines) is 1. The Hall–Kier alpha value is -1.26. The lowest BCUT2D eigenvalue weighted by molar-refractivity contribution is 0.0998. The minimum Gasteiger partial charge on any atom is -0.454 e. The van der Waals surface area contributed by atoms with E-state index in [2.05, 4.69) is 24.1 Å². The van der Waals surface area contributed by atoms with Crippen molar-refractivity contribution in [3.05, 3.63) is 23.8 Å². The van der Waals surface area contributed by atoms with Crippen molar-refractivity contribution in [3.8, 4) is 11.5 Å². The van der Waals surface area contributed by atoms with E-state index in [9.17, 15) is 0 Å². The maximum Gasteiger partial charge on any atom is 0.231 e. The van der Waals surface area contributed by atoms with Gasteiger partial charge in [-0.3, -0.25) is 0 Å². The zero-order valence-electron chi connectivity index (χ0n) is 9.40. The Morgan fingerprint density at radius 1 is 1.31 bits per heavy atom. The molecule has 3 rings (SSSR count). The van der Waals surface area contributed by atoms with E-state index in [4.69, 9.17) is 15.2 Å². The van der Waals surface area contributed by atoms with Crippen LogP contribution in [0.25, 0.3) is 0 Å². The minimum atomic E-state index is 0.107. The number of ether oxygens (including phenoxy) is 2. The molecule has 0 aromatic heterocycles. The molecule has 2 aliphatic rings. The zero-order valence-corrected chi connectivity index (χ0v) is 9.40. The Kier molecular flexibility index (Phi) is 2.09. The monoisotopic (exact) mass is 220 g/mol. The summed E-state index contributed by atoms with van der Waals surface area (Å²) in [6.45, 7) is 3.04. The molecule has 0 unspecified atom stereocenters. The van der Waals surface area contributed by atoms with Gasteiger partial charge in [0.1, 0.15) is 0 Å². The third-order valence-corrected chi connectivity index (χ3v) is 3.52. The lowest BCUT2D eigenvalue weighted by atomic mass is 9.74. The van der Waals surface area contributed by atoms with Gasteiger partial charge < -0.3 is 20.1 Å². The van der Waals surface area contributed by atoms with Gasteiger partial charge >= 0.3 is 0 Å². The van der Waals surface area contributed by atoms with Crippen LogP contribution in [0.2, 0.25) is 0 Å². The van der Waals surface area contributed by atoms with Crippen molar-refractivity contribution in [2.45, 2.75) is 5.41 Å². The first-order valence-electron chi connectivity index (χ1n) is 5.52. The van der Waals surface area contributed by atoms with Crippen LogP contribution in [0.4, 0.5) is 0 Å². The normalized spacial score (nSPS) is 21.9. The van der Waals surface area contributed by atoms with Gasteiger partial charge in [0, 0.05) is 25.0 Å². The highest BCUT2D eigenvalue weighted by molar-refractivity contribution is 5.47. The molecule has 0 spiro atoms. The number of benzene rings is 1. The van der Waals surface area contributed by atoms with Gasteiger partial charge in [0.15, 0.2) is 11.5 Å². The summed E-state index contributed by atoms with van der Waals surface area (Å²) in [7, 11) is 2.11. The van der Waals surface area contributed by atoms with E-state index in [1.807, 2.05) is 6.07 Å². The molecule has 2 heterocycles. The minimum absolute atomic E-state index is 0.107. The predicted molar refractivity (Wildman–Crippen MR) is 60.8 cm³/mol. The standard InChI is InChI=1S/C12H16N2O2/c1-14-6-12(5-13,7-14)9-2-3-10-11(4-9)16-8-15-10/h2-4H,5-8,13H2,1H3. The van der Waals surface area contributed by atoms with E-state index >= 15 is 0 Å². The number of hydrogen-bond donors (Lipinski definition) is 1. The van der Waals surface area contributed by atoms with E-state index in [1.54, 1.807) is 0 Å². The van der Waals surface area contributed by atoms with Crippen molar-refractivity contribution < 1.29 is 9.47 Å². The molecule has 4 heteroatoms. The molecule has 2 N–H and O–H groups in total. The molecule has 1 saturated heterocycles. The molecule has 1 fully saturated rings. The van der Waals surface area contributed by atoms with E-state index in [-0.39, 0.29) is 5.41 Å². The maximum absolute atomic E-state index is 5.91. The van der Waals surface area contributed by atoms with Crippen molar-refractivity contribution in [1.29, 1.82) is 0 Å². The van der Waals surface area contributed by atoms with Gasteiger partial charge in [-0.1, -0.05) is 6.07 Å². The van der Waals surface area contributed by atoms with Crippen LogP contribution < -0.4 is 15.2 Å². The number of nitrogens with two attached hydrogens (primary N) is 1. The van der Waals surface area contributed by atoms with Gasteiger partial charge in [0.2, 0.25) is 6.79 Å². The van der Waals surface area contributed by atoms with E-state index in [1.165, 1.54) is 5.56 Å². The quantitative estimate of drug-likeness (QED) is 0.791. The molecule has 16 heavy (non-hydrogen) atoms. The fraction of sp³-hybridized carbons (Fsp3) is 0.500. The average molecular weight is 220 g/mol. The second kappa shape index (κ2) is 3.37. The summed E-state index contributed by atoms with van der Waals surface area (Å²) in [6, 6.07) is 6.16. The van der Waals surface area contributed by atoms with Crippen molar-refractivity contribution in [1.82, 2.24) is 4.90 Å². The van der Waals surface area contributed by atoms with Gasteiger partial charge in [-0.15, -0.1) is 0 Å². The van der Waals surface area contributed by atoms with Crippen LogP contribution in [0.5, 0.6) is 11.5 Å². The molecule has 0 aliphatic carbocycles. The molecular formula is C12H16N2O2. The molecule has 0 radical (unpaired) electrons. The molecule has 1 aromatic carbocycles. The highest BCUT2D eigenvalue weighted by Gasteiger charge is 2.41. The first-order chi connectivity index (χ1) is 7.73. The number of likely N-dealkylation sites (N-methyl/N-ethyl adjacent to an activating group) is 1. The van der Waals surface area contributed by atoms with E-state index in [0.29, 0.717) is 13.3 Å². The smallest absolute Gasteiger partial charge is 0.231 e. The van der Waals surface area contributed by atoms with Gasteiger partial charge in [-0.05, 0) is 24.7 Å². The summed E-state index contributed by atoms with van der Waals surface area (Å²) in [4.78, 5) is 2.28. The Labute approximate surface area is 94.9 Å². The Balaban J connectivity index is 1.94. The molecule has 0 atom stereocenters. The summed E-state index contributed by atoms with van der Waals surface area (Å²) in [5, 5.41) is 0. The van der Waals surface area contributed by atoms with E-state index < -0.39 is 0 Å². The lowest BCUT2D eigenvalue weighted by Crippen LogP contribution is -2.61. The van der Waals surface area contributed by atoms with Crippen LogP contribution in [0.1, 0.15) is 5.56 Å². The lowest BCUT2D eigenvalue weighted by Gasteiger charge is -2.48. The first-order valence-corrected chi connectivity index (χ1v) is 5.52. The molecule has 86 valence electrons. The summed E-state index contributed by atoms with van der Waals surface area (Å²) in [6.07, 6.45) is 0. The SMILES string of the molecule is CN1CC(CN)(c2ccc3c(c2)OCO3)C1. The Bertz CT molecular complexity index is 413. The van der Waals surface area contributed by atoms with E-state index in [0.717, 1.165) is 24.6 Å². The maximum atomic E-state index is 5.91. The van der Waals surface area contributed by atoms with Gasteiger partial charge in [0.05, 0.1) is 0 Å². The van der Waals surface area contributed by atoms with Crippen molar-refractivity contribution in [2.75, 3.05) is 33.5 Å². The highest BCUT2D eigenvalue weighted by atomic mass is 16.7. The second-order valence-corrected chi connectivity index (χ2v) is 4.72. The Morgan fingerprint density at radius 3 is 2.75 bits per heavy atom. The summed E-state index contributed by atoms with van der Waals surface area (Å²) < 4.78 is 10.7. The number of nitrogens with zero attached hydrogens (tertiary/aromatic N) is 1. The highest BCUT2D eigenvalue weighted by Crippen LogP contribution is 2.39. The molecule has 0 amide bonds. The largest absolute Gasteiger partial charge is 0.454 e. The fourth-order valence-electron chi connectivity index (χ4n) is 2.64. The fourth-order valence-corrected chi connectivity index (χ4v) is 2.64. The van der Waals surface area contributed by atoms with Crippen LogP contribution in [0.3, 0.4) is 0 Å². The van der Waals surface area contributed by atoms with Crippen molar-refractivity contribution in [3.63, 3.8) is 0 Å². The first kappa shape index (κ1) is 9.93. The number of rotatable bonds is 2. The van der Waals surface area contributed by atoms with Crippen LogP contribution in [-0.2, 0) is 5.41 Å². The number of hydrogen-bond acceptors (Lipinski definition) is 4. The topological polar surface area (TPSA) is 47.7 Å². The van der Waals surface area contributed by atoms with Gasteiger partial charge in [-0.2, -0.15) is 0 Å². The molecule has 4 nitrogen and oxygen atoms in total. The third-order valence-electron chi connectivity index (χ3n) is 3.52. The second-order valence-electron chi connectivity index (χ2n) is 4.72. The average Bonchev–Trinajstić information content (AvgIpc) is 2.71. The molecule has 0 bridgehead atoms. The van der Waals surface area contributed by atoms with Crippen molar-refractivity contribution >= 4 is 0 Å². The van der Waals surface area contributed by atoms with Crippen LogP contribution >= 0.6 is 0 Å². The van der Waals surface area contributed by atoms with Crippen molar-refractivity contribution in [2.24, 2.45) is 5.73 Å².